The van der Waals surface area contributed by atoms with E-state index < -0.39 is 0 Å². The van der Waals surface area contributed by atoms with Crippen LogP contribution in [0.2, 0.25) is 5.02 Å². The SMILES string of the molecule is CCn1c(SCC(=O)NCc2cccc(Cl)c2)nc2ccccc21. The number of para-hydroxylation sites is 2. The molecule has 0 unspecified atom stereocenters. The van der Waals surface area contributed by atoms with Crippen LogP contribution in [0.3, 0.4) is 0 Å². The van der Waals surface area contributed by atoms with E-state index in [4.69, 9.17) is 11.6 Å². The Morgan fingerprint density at radius 3 is 2.88 bits per heavy atom. The molecule has 0 saturated carbocycles. The first-order chi connectivity index (χ1) is 11.7. The third-order valence-electron chi connectivity index (χ3n) is 3.65. The van der Waals surface area contributed by atoms with Crippen LogP contribution in [0, 0.1) is 0 Å². The van der Waals surface area contributed by atoms with E-state index in [-0.39, 0.29) is 5.91 Å². The molecule has 6 heteroatoms. The molecule has 0 spiro atoms. The Labute approximate surface area is 150 Å². The van der Waals surface area contributed by atoms with Gasteiger partial charge < -0.3 is 9.88 Å². The van der Waals surface area contributed by atoms with Crippen LogP contribution in [0.1, 0.15) is 12.5 Å². The number of thioether (sulfide) groups is 1. The first kappa shape index (κ1) is 16.9. The smallest absolute Gasteiger partial charge is 0.230 e. The Morgan fingerprint density at radius 2 is 2.08 bits per heavy atom. The van der Waals surface area contributed by atoms with Gasteiger partial charge in [0.25, 0.3) is 0 Å². The Hall–Kier alpha value is -1.98. The summed E-state index contributed by atoms with van der Waals surface area (Å²) in [5, 5.41) is 4.46. The molecule has 0 atom stereocenters. The molecule has 0 fully saturated rings. The summed E-state index contributed by atoms with van der Waals surface area (Å²) in [5.74, 6) is 0.318. The second-order valence-electron chi connectivity index (χ2n) is 5.32. The van der Waals surface area contributed by atoms with Gasteiger partial charge >= 0.3 is 0 Å². The molecule has 1 N–H and O–H groups in total. The van der Waals surface area contributed by atoms with Crippen molar-refractivity contribution in [1.29, 1.82) is 0 Å². The quantitative estimate of drug-likeness (QED) is 0.673. The molecule has 124 valence electrons. The zero-order valence-electron chi connectivity index (χ0n) is 13.3. The molecule has 0 bridgehead atoms. The lowest BCUT2D eigenvalue weighted by Gasteiger charge is -2.07. The molecular weight excluding hydrogens is 342 g/mol. The van der Waals surface area contributed by atoms with E-state index in [2.05, 4.69) is 27.9 Å². The molecule has 0 saturated heterocycles. The van der Waals surface area contributed by atoms with Gasteiger partial charge in [0.15, 0.2) is 5.16 Å². The van der Waals surface area contributed by atoms with Gasteiger partial charge in [-0.2, -0.15) is 0 Å². The number of amides is 1. The van der Waals surface area contributed by atoms with Crippen molar-refractivity contribution in [1.82, 2.24) is 14.9 Å². The number of carbonyl (C=O) groups is 1. The maximum absolute atomic E-state index is 12.1. The molecule has 24 heavy (non-hydrogen) atoms. The number of fused-ring (bicyclic) bond motifs is 1. The van der Waals surface area contributed by atoms with E-state index in [1.807, 2.05) is 42.5 Å². The summed E-state index contributed by atoms with van der Waals surface area (Å²) < 4.78 is 2.13. The third kappa shape index (κ3) is 3.91. The second kappa shape index (κ2) is 7.73. The highest BCUT2D eigenvalue weighted by Crippen LogP contribution is 2.23. The molecule has 3 rings (SSSR count). The Morgan fingerprint density at radius 1 is 1.25 bits per heavy atom. The lowest BCUT2D eigenvalue weighted by Crippen LogP contribution is -2.24. The molecule has 1 heterocycles. The topological polar surface area (TPSA) is 46.9 Å². The number of imidazole rings is 1. The van der Waals surface area contributed by atoms with Gasteiger partial charge in [-0.05, 0) is 36.8 Å². The molecule has 3 aromatic rings. The number of carbonyl (C=O) groups excluding carboxylic acids is 1. The summed E-state index contributed by atoms with van der Waals surface area (Å²) in [7, 11) is 0. The van der Waals surface area contributed by atoms with Gasteiger partial charge in [0.2, 0.25) is 5.91 Å². The van der Waals surface area contributed by atoms with Crippen LogP contribution >= 0.6 is 23.4 Å². The minimum atomic E-state index is -0.0188. The van der Waals surface area contributed by atoms with Crippen molar-refractivity contribution in [3.05, 3.63) is 59.1 Å². The van der Waals surface area contributed by atoms with E-state index >= 15 is 0 Å². The highest BCUT2D eigenvalue weighted by molar-refractivity contribution is 7.99. The fourth-order valence-corrected chi connectivity index (χ4v) is 3.62. The maximum atomic E-state index is 12.1. The monoisotopic (exact) mass is 359 g/mol. The first-order valence-corrected chi connectivity index (χ1v) is 9.13. The number of benzene rings is 2. The van der Waals surface area contributed by atoms with E-state index in [0.29, 0.717) is 17.3 Å². The Balaban J connectivity index is 1.60. The predicted molar refractivity (Wildman–Crippen MR) is 99.4 cm³/mol. The first-order valence-electron chi connectivity index (χ1n) is 7.76. The van der Waals surface area contributed by atoms with Gasteiger partial charge in [0.1, 0.15) is 0 Å². The van der Waals surface area contributed by atoms with Crippen LogP contribution in [0.5, 0.6) is 0 Å². The molecule has 4 nitrogen and oxygen atoms in total. The lowest BCUT2D eigenvalue weighted by atomic mass is 10.2. The number of aryl methyl sites for hydroxylation is 1. The van der Waals surface area contributed by atoms with Crippen molar-refractivity contribution < 1.29 is 4.79 Å². The summed E-state index contributed by atoms with van der Waals surface area (Å²) in [6, 6.07) is 15.5. The summed E-state index contributed by atoms with van der Waals surface area (Å²) in [4.78, 5) is 16.7. The van der Waals surface area contributed by atoms with E-state index in [9.17, 15) is 4.79 Å². The van der Waals surface area contributed by atoms with Crippen LogP contribution < -0.4 is 5.32 Å². The van der Waals surface area contributed by atoms with Gasteiger partial charge in [0, 0.05) is 18.1 Å². The van der Waals surface area contributed by atoms with Gasteiger partial charge in [-0.3, -0.25) is 4.79 Å². The molecule has 0 aliphatic rings. The van der Waals surface area contributed by atoms with Crippen molar-refractivity contribution in [2.75, 3.05) is 5.75 Å². The van der Waals surface area contributed by atoms with E-state index in [1.54, 1.807) is 0 Å². The van der Waals surface area contributed by atoms with Crippen LogP contribution in [0.15, 0.2) is 53.7 Å². The molecule has 0 aliphatic heterocycles. The van der Waals surface area contributed by atoms with Crippen molar-refractivity contribution in [2.24, 2.45) is 0 Å². The van der Waals surface area contributed by atoms with Gasteiger partial charge in [-0.25, -0.2) is 4.98 Å². The van der Waals surface area contributed by atoms with E-state index in [0.717, 1.165) is 28.3 Å². The zero-order valence-corrected chi connectivity index (χ0v) is 14.9. The third-order valence-corrected chi connectivity index (χ3v) is 4.86. The van der Waals surface area contributed by atoms with Crippen LogP contribution in [-0.2, 0) is 17.9 Å². The molecule has 2 aromatic carbocycles. The molecule has 0 radical (unpaired) electrons. The second-order valence-corrected chi connectivity index (χ2v) is 6.70. The Kier molecular flexibility index (Phi) is 5.43. The number of nitrogens with one attached hydrogen (secondary N) is 1. The largest absolute Gasteiger partial charge is 0.351 e. The number of halogens is 1. The number of aromatic nitrogens is 2. The highest BCUT2D eigenvalue weighted by atomic mass is 35.5. The average molecular weight is 360 g/mol. The molecule has 0 aliphatic carbocycles. The predicted octanol–water partition coefficient (Wildman–Crippen LogP) is 4.12. The maximum Gasteiger partial charge on any atom is 0.230 e. The fraction of sp³-hybridized carbons (Fsp3) is 0.222. The fourth-order valence-electron chi connectivity index (χ4n) is 2.50. The molecule has 1 aromatic heterocycles. The van der Waals surface area contributed by atoms with Crippen LogP contribution in [0.4, 0.5) is 0 Å². The van der Waals surface area contributed by atoms with Crippen LogP contribution in [-0.4, -0.2) is 21.2 Å². The summed E-state index contributed by atoms with van der Waals surface area (Å²) >= 11 is 7.40. The van der Waals surface area contributed by atoms with Crippen molar-refractivity contribution in [3.63, 3.8) is 0 Å². The minimum Gasteiger partial charge on any atom is -0.351 e. The average Bonchev–Trinajstić information content (AvgIpc) is 2.95. The molecular formula is C18H18ClN3OS. The summed E-state index contributed by atoms with van der Waals surface area (Å²) in [6.45, 7) is 3.38. The Bertz CT molecular complexity index is 862. The minimum absolute atomic E-state index is 0.0188. The zero-order chi connectivity index (χ0) is 16.9. The number of hydrogen-bond donors (Lipinski definition) is 1. The van der Waals surface area contributed by atoms with Crippen molar-refractivity contribution in [3.8, 4) is 0 Å². The standard InChI is InChI=1S/C18H18ClN3OS/c1-2-22-16-9-4-3-8-15(16)21-18(22)24-12-17(23)20-11-13-6-5-7-14(19)10-13/h3-10H,2,11-12H2,1H3,(H,20,23). The van der Waals surface area contributed by atoms with Gasteiger partial charge in [0.05, 0.1) is 16.8 Å². The van der Waals surface area contributed by atoms with Crippen molar-refractivity contribution in [2.45, 2.75) is 25.2 Å². The van der Waals surface area contributed by atoms with Gasteiger partial charge in [-0.1, -0.05) is 47.6 Å². The van der Waals surface area contributed by atoms with E-state index in [1.165, 1.54) is 11.8 Å². The van der Waals surface area contributed by atoms with Crippen LogP contribution in [0.25, 0.3) is 11.0 Å². The summed E-state index contributed by atoms with van der Waals surface area (Å²) in [6.07, 6.45) is 0. The number of nitrogens with zero attached hydrogens (tertiary/aromatic N) is 2. The summed E-state index contributed by atoms with van der Waals surface area (Å²) in [5.41, 5.74) is 3.05. The van der Waals surface area contributed by atoms with Gasteiger partial charge in [-0.15, -0.1) is 0 Å². The number of hydrogen-bond acceptors (Lipinski definition) is 3. The number of rotatable bonds is 6. The molecule has 1 amide bonds. The van der Waals surface area contributed by atoms with Crippen molar-refractivity contribution >= 4 is 40.3 Å². The normalized spacial score (nSPS) is 10.9. The lowest BCUT2D eigenvalue weighted by molar-refractivity contribution is -0.118. The highest BCUT2D eigenvalue weighted by Gasteiger charge is 2.11.